The Balaban J connectivity index is 1.27. The highest BCUT2D eigenvalue weighted by molar-refractivity contribution is 7.85. The Labute approximate surface area is 259 Å². The van der Waals surface area contributed by atoms with Gasteiger partial charge in [0.15, 0.2) is 7.14 Å². The lowest BCUT2D eigenvalue weighted by molar-refractivity contribution is 0.592. The summed E-state index contributed by atoms with van der Waals surface area (Å²) < 4.78 is 17.2. The van der Waals surface area contributed by atoms with Gasteiger partial charge in [0.2, 0.25) is 0 Å². The summed E-state index contributed by atoms with van der Waals surface area (Å²) in [6, 6.07) is 51.2. The van der Waals surface area contributed by atoms with Crippen LogP contribution >= 0.6 is 7.14 Å². The molecule has 0 aliphatic rings. The van der Waals surface area contributed by atoms with E-state index >= 15 is 0 Å². The topological polar surface area (TPSA) is 47.3 Å². The molecule has 0 radical (unpaired) electrons. The van der Waals surface area contributed by atoms with Crippen LogP contribution in [0.5, 0.6) is 0 Å². The molecule has 5 heteroatoms. The van der Waals surface area contributed by atoms with Gasteiger partial charge in [-0.15, -0.1) is 0 Å². The molecule has 3 heterocycles. The maximum atomic E-state index is 14.9. The molecule has 0 amide bonds. The van der Waals surface area contributed by atoms with Crippen LogP contribution in [-0.2, 0) is 4.57 Å². The van der Waals surface area contributed by atoms with E-state index in [4.69, 9.17) is 9.97 Å². The normalized spacial score (nSPS) is 12.1. The number of imidazole rings is 1. The Hall–Kier alpha value is -5.57. The summed E-state index contributed by atoms with van der Waals surface area (Å²) >= 11 is 0. The molecule has 0 N–H and O–H groups in total. The molecule has 0 aliphatic heterocycles. The lowest BCUT2D eigenvalue weighted by atomic mass is 9.98. The van der Waals surface area contributed by atoms with E-state index in [2.05, 4.69) is 71.1 Å². The van der Waals surface area contributed by atoms with E-state index in [0.29, 0.717) is 0 Å². The lowest BCUT2D eigenvalue weighted by Gasteiger charge is -2.20. The van der Waals surface area contributed by atoms with Gasteiger partial charge in [-0.25, -0.2) is 4.98 Å². The minimum atomic E-state index is -3.05. The first-order chi connectivity index (χ1) is 22.2. The predicted octanol–water partition coefficient (Wildman–Crippen LogP) is 8.65. The second-order valence-corrected chi connectivity index (χ2v) is 14.1. The van der Waals surface area contributed by atoms with Crippen molar-refractivity contribution in [3.05, 3.63) is 158 Å². The standard InChI is InChI=1S/C40H26N3OP/c44-45(30-11-3-1-4-12-30,31-13-5-2-6-14-31)32-21-17-27(18-22-32)29-20-24-36-34(26-29)38-33(23-19-28-10-9-25-41-39(28)38)40-42-35-15-7-8-16-37(35)43(36)40/h1-26H. The van der Waals surface area contributed by atoms with Gasteiger partial charge in [0.1, 0.15) is 5.65 Å². The third kappa shape index (κ3) is 3.90. The highest BCUT2D eigenvalue weighted by atomic mass is 31.2. The Kier molecular flexibility index (Phi) is 5.74. The third-order valence-corrected chi connectivity index (χ3v) is 12.0. The quantitative estimate of drug-likeness (QED) is 0.151. The second kappa shape index (κ2) is 9.99. The Morgan fingerprint density at radius 3 is 1.96 bits per heavy atom. The summed E-state index contributed by atoms with van der Waals surface area (Å²) in [6.45, 7) is 0. The van der Waals surface area contributed by atoms with Crippen molar-refractivity contribution in [2.75, 3.05) is 0 Å². The van der Waals surface area contributed by atoms with Crippen LogP contribution in [0.4, 0.5) is 0 Å². The maximum absolute atomic E-state index is 14.9. The van der Waals surface area contributed by atoms with Gasteiger partial charge in [0.05, 0.1) is 22.1 Å². The van der Waals surface area contributed by atoms with E-state index in [1.54, 1.807) is 0 Å². The lowest BCUT2D eigenvalue weighted by Crippen LogP contribution is -2.24. The number of pyridine rings is 2. The van der Waals surface area contributed by atoms with Crippen LogP contribution < -0.4 is 15.9 Å². The first kappa shape index (κ1) is 25.9. The minimum Gasteiger partial charge on any atom is -0.309 e. The van der Waals surface area contributed by atoms with Gasteiger partial charge in [0, 0.05) is 43.7 Å². The molecule has 0 bridgehead atoms. The Morgan fingerprint density at radius 2 is 1.20 bits per heavy atom. The summed E-state index contributed by atoms with van der Waals surface area (Å²) in [6.07, 6.45) is 1.86. The number of benzene rings is 6. The summed E-state index contributed by atoms with van der Waals surface area (Å²) in [5, 5.41) is 6.86. The highest BCUT2D eigenvalue weighted by Crippen LogP contribution is 2.43. The fraction of sp³-hybridized carbons (Fsp3) is 0. The first-order valence-electron chi connectivity index (χ1n) is 15.0. The van der Waals surface area contributed by atoms with Gasteiger partial charge < -0.3 is 4.57 Å². The van der Waals surface area contributed by atoms with Crippen LogP contribution in [0.2, 0.25) is 0 Å². The fourth-order valence-corrected chi connectivity index (χ4v) is 9.40. The monoisotopic (exact) mass is 595 g/mol. The van der Waals surface area contributed by atoms with Crippen molar-refractivity contribution in [3.8, 4) is 11.1 Å². The highest BCUT2D eigenvalue weighted by Gasteiger charge is 2.29. The number of para-hydroxylation sites is 2. The largest absolute Gasteiger partial charge is 0.309 e. The van der Waals surface area contributed by atoms with Gasteiger partial charge in [-0.2, -0.15) is 0 Å². The zero-order valence-electron chi connectivity index (χ0n) is 24.2. The van der Waals surface area contributed by atoms with Gasteiger partial charge in [-0.3, -0.25) is 9.38 Å². The van der Waals surface area contributed by atoms with Crippen molar-refractivity contribution in [1.82, 2.24) is 14.4 Å². The molecule has 6 aromatic carbocycles. The molecule has 0 saturated heterocycles. The number of nitrogens with zero attached hydrogens (tertiary/aromatic N) is 3. The number of hydrogen-bond donors (Lipinski definition) is 0. The van der Waals surface area contributed by atoms with E-state index in [-0.39, 0.29) is 0 Å². The van der Waals surface area contributed by atoms with E-state index < -0.39 is 7.14 Å². The van der Waals surface area contributed by atoms with Crippen LogP contribution in [0.25, 0.3) is 60.4 Å². The van der Waals surface area contributed by atoms with Crippen LogP contribution in [0.15, 0.2) is 158 Å². The van der Waals surface area contributed by atoms with Crippen molar-refractivity contribution in [2.45, 2.75) is 0 Å². The van der Waals surface area contributed by atoms with Crippen LogP contribution in [0.1, 0.15) is 0 Å². The SMILES string of the molecule is O=P(c1ccccc1)(c1ccccc1)c1ccc(-c2ccc3c(c2)c2c(ccc4cccnc42)c2nc4ccccc4n32)cc1. The molecule has 45 heavy (non-hydrogen) atoms. The summed E-state index contributed by atoms with van der Waals surface area (Å²) in [5.74, 6) is 0. The second-order valence-electron chi connectivity index (χ2n) is 11.4. The maximum Gasteiger partial charge on any atom is 0.171 e. The first-order valence-corrected chi connectivity index (χ1v) is 16.7. The molecular formula is C40H26N3OP. The average Bonchev–Trinajstić information content (AvgIpc) is 3.52. The van der Waals surface area contributed by atoms with Crippen LogP contribution in [-0.4, -0.2) is 14.4 Å². The summed E-state index contributed by atoms with van der Waals surface area (Å²) in [5.41, 5.74) is 7.17. The molecule has 0 atom stereocenters. The van der Waals surface area contributed by atoms with Crippen molar-refractivity contribution in [1.29, 1.82) is 0 Å². The molecule has 9 rings (SSSR count). The van der Waals surface area contributed by atoms with Gasteiger partial charge in [0.25, 0.3) is 0 Å². The van der Waals surface area contributed by atoms with Gasteiger partial charge >= 0.3 is 0 Å². The van der Waals surface area contributed by atoms with E-state index in [1.807, 2.05) is 91.1 Å². The molecule has 3 aromatic heterocycles. The van der Waals surface area contributed by atoms with Crippen molar-refractivity contribution < 1.29 is 4.57 Å². The number of fused-ring (bicyclic) bond motifs is 10. The van der Waals surface area contributed by atoms with E-state index in [0.717, 1.165) is 76.3 Å². The summed E-state index contributed by atoms with van der Waals surface area (Å²) in [4.78, 5) is 9.92. The minimum absolute atomic E-state index is 0.816. The van der Waals surface area contributed by atoms with E-state index in [9.17, 15) is 4.57 Å². The van der Waals surface area contributed by atoms with Crippen molar-refractivity contribution in [3.63, 3.8) is 0 Å². The number of rotatable bonds is 4. The zero-order chi connectivity index (χ0) is 30.0. The Morgan fingerprint density at radius 1 is 0.533 bits per heavy atom. The zero-order valence-corrected chi connectivity index (χ0v) is 25.1. The molecule has 0 spiro atoms. The average molecular weight is 596 g/mol. The van der Waals surface area contributed by atoms with Crippen LogP contribution in [0.3, 0.4) is 0 Å². The van der Waals surface area contributed by atoms with Crippen molar-refractivity contribution in [2.24, 2.45) is 0 Å². The molecule has 9 aromatic rings. The van der Waals surface area contributed by atoms with Gasteiger partial charge in [-0.05, 0) is 47.5 Å². The Bertz CT molecular complexity index is 2570. The molecule has 0 unspecified atom stereocenters. The molecule has 0 saturated carbocycles. The molecule has 0 aliphatic carbocycles. The fourth-order valence-electron chi connectivity index (χ4n) is 6.75. The number of aromatic nitrogens is 3. The summed E-state index contributed by atoms with van der Waals surface area (Å²) in [7, 11) is -3.05. The van der Waals surface area contributed by atoms with E-state index in [1.165, 1.54) is 0 Å². The predicted molar refractivity (Wildman–Crippen MR) is 188 cm³/mol. The smallest absolute Gasteiger partial charge is 0.171 e. The number of hydrogen-bond acceptors (Lipinski definition) is 3. The molecule has 4 nitrogen and oxygen atoms in total. The van der Waals surface area contributed by atoms with Gasteiger partial charge in [-0.1, -0.05) is 115 Å². The molecular weight excluding hydrogens is 569 g/mol. The van der Waals surface area contributed by atoms with Crippen LogP contribution in [0, 0.1) is 0 Å². The molecule has 0 fully saturated rings. The molecule has 212 valence electrons. The third-order valence-electron chi connectivity index (χ3n) is 8.89. The van der Waals surface area contributed by atoms with Crippen molar-refractivity contribution >= 4 is 72.3 Å².